The number of hydrogen-bond donors (Lipinski definition) is 3. The predicted molar refractivity (Wildman–Crippen MR) is 118 cm³/mol. The lowest BCUT2D eigenvalue weighted by atomic mass is 9.75. The van der Waals surface area contributed by atoms with Crippen molar-refractivity contribution < 1.29 is 14.0 Å². The Hall–Kier alpha value is -2.45. The average molecular weight is 450 g/mol. The van der Waals surface area contributed by atoms with Crippen molar-refractivity contribution in [3.8, 4) is 11.3 Å². The maximum atomic E-state index is 13.7. The summed E-state index contributed by atoms with van der Waals surface area (Å²) in [6.45, 7) is 12.1. The summed E-state index contributed by atoms with van der Waals surface area (Å²) < 4.78 is 15.3. The fourth-order valence-electron chi connectivity index (χ4n) is 4.18. The number of fused-ring (bicyclic) bond motifs is 1. The van der Waals surface area contributed by atoms with Crippen LogP contribution in [0.5, 0.6) is 0 Å². The van der Waals surface area contributed by atoms with Crippen LogP contribution in [0.15, 0.2) is 18.2 Å². The lowest BCUT2D eigenvalue weighted by Crippen LogP contribution is -2.58. The molecule has 2 amide bonds. The first kappa shape index (κ1) is 23.2. The van der Waals surface area contributed by atoms with Crippen molar-refractivity contribution in [3.05, 3.63) is 40.3 Å². The first-order valence-electron chi connectivity index (χ1n) is 10.1. The van der Waals surface area contributed by atoms with Gasteiger partial charge in [-0.3, -0.25) is 14.3 Å². The summed E-state index contributed by atoms with van der Waals surface area (Å²) in [6, 6.07) is 2.50. The number of nitrogens with one attached hydrogen (secondary N) is 1. The maximum absolute atomic E-state index is 13.7. The Morgan fingerprint density at radius 2 is 1.74 bits per heavy atom. The standard InChI is InChI=1S/C22H29ClFN5O2/c1-21(2,3)17-15-13(19(25)30)14(10-7-8-12(24)11(23)9-10)28-29(15)16(20(26)31)18(27-17)22(4,5)6/h7-9,16-18,27H,1-6H3,(H2,25,30)(H2,26,31). The zero-order valence-corrected chi connectivity index (χ0v) is 19.3. The van der Waals surface area contributed by atoms with E-state index in [2.05, 4.69) is 10.4 Å². The van der Waals surface area contributed by atoms with E-state index in [-0.39, 0.29) is 39.2 Å². The molecule has 1 aromatic heterocycles. The molecule has 1 aliphatic rings. The highest BCUT2D eigenvalue weighted by molar-refractivity contribution is 6.31. The highest BCUT2D eigenvalue weighted by atomic mass is 35.5. The SMILES string of the molecule is CC(C)(C)C1NC(C(C)(C)C)C(C(N)=O)n2nc(-c3ccc(F)c(Cl)c3)c(C(N)=O)c21. The van der Waals surface area contributed by atoms with E-state index in [4.69, 9.17) is 23.1 Å². The van der Waals surface area contributed by atoms with Gasteiger partial charge in [0.2, 0.25) is 5.91 Å². The normalized spacial score (nSPS) is 21.6. The van der Waals surface area contributed by atoms with E-state index in [0.717, 1.165) is 0 Å². The van der Waals surface area contributed by atoms with Gasteiger partial charge in [0.05, 0.1) is 22.3 Å². The number of primary amides is 2. The molecule has 7 nitrogen and oxygen atoms in total. The van der Waals surface area contributed by atoms with Crippen LogP contribution in [0.3, 0.4) is 0 Å². The Kier molecular flexibility index (Phi) is 5.69. The van der Waals surface area contributed by atoms with Gasteiger partial charge in [-0.15, -0.1) is 0 Å². The van der Waals surface area contributed by atoms with Crippen LogP contribution >= 0.6 is 11.6 Å². The molecule has 0 aliphatic carbocycles. The molecule has 3 unspecified atom stereocenters. The van der Waals surface area contributed by atoms with E-state index < -0.39 is 23.7 Å². The summed E-state index contributed by atoms with van der Waals surface area (Å²) in [6.07, 6.45) is 0. The van der Waals surface area contributed by atoms with Crippen LogP contribution in [0, 0.1) is 16.6 Å². The number of nitrogens with two attached hydrogens (primary N) is 2. The van der Waals surface area contributed by atoms with Crippen LogP contribution in [-0.2, 0) is 4.79 Å². The van der Waals surface area contributed by atoms with Gasteiger partial charge in [0.25, 0.3) is 5.91 Å². The van der Waals surface area contributed by atoms with Crippen LogP contribution in [0.2, 0.25) is 5.02 Å². The van der Waals surface area contributed by atoms with Gasteiger partial charge < -0.3 is 16.8 Å². The van der Waals surface area contributed by atoms with E-state index in [1.54, 1.807) is 0 Å². The molecular weight excluding hydrogens is 421 g/mol. The monoisotopic (exact) mass is 449 g/mol. The van der Waals surface area contributed by atoms with Gasteiger partial charge in [0.15, 0.2) is 0 Å². The molecule has 2 aromatic rings. The Morgan fingerprint density at radius 1 is 1.13 bits per heavy atom. The van der Waals surface area contributed by atoms with Crippen molar-refractivity contribution in [2.24, 2.45) is 22.3 Å². The predicted octanol–water partition coefficient (Wildman–Crippen LogP) is 3.57. The summed E-state index contributed by atoms with van der Waals surface area (Å²) in [5.41, 5.74) is 12.2. The van der Waals surface area contributed by atoms with E-state index in [1.165, 1.54) is 22.9 Å². The number of halogens is 2. The summed E-state index contributed by atoms with van der Waals surface area (Å²) in [5, 5.41) is 8.08. The molecule has 0 bridgehead atoms. The lowest BCUT2D eigenvalue weighted by molar-refractivity contribution is -0.124. The Bertz CT molecular complexity index is 1050. The smallest absolute Gasteiger partial charge is 0.252 e. The second-order valence-electron chi connectivity index (χ2n) is 10.2. The molecule has 0 fully saturated rings. The average Bonchev–Trinajstić information content (AvgIpc) is 3.00. The van der Waals surface area contributed by atoms with Crippen molar-refractivity contribution >= 4 is 23.4 Å². The topological polar surface area (TPSA) is 116 Å². The van der Waals surface area contributed by atoms with E-state index >= 15 is 0 Å². The van der Waals surface area contributed by atoms with Gasteiger partial charge in [-0.1, -0.05) is 53.1 Å². The van der Waals surface area contributed by atoms with Gasteiger partial charge in [-0.25, -0.2) is 4.39 Å². The van der Waals surface area contributed by atoms with E-state index in [9.17, 15) is 14.0 Å². The zero-order valence-electron chi connectivity index (χ0n) is 18.6. The number of amides is 2. The molecule has 3 rings (SSSR count). The number of benzene rings is 1. The van der Waals surface area contributed by atoms with Crippen molar-refractivity contribution in [2.45, 2.75) is 59.7 Å². The quantitative estimate of drug-likeness (QED) is 0.664. The fraction of sp³-hybridized carbons (Fsp3) is 0.500. The van der Waals surface area contributed by atoms with Gasteiger partial charge in [-0.05, 0) is 29.0 Å². The van der Waals surface area contributed by atoms with Gasteiger partial charge >= 0.3 is 0 Å². The molecule has 9 heteroatoms. The first-order valence-corrected chi connectivity index (χ1v) is 10.5. The second kappa shape index (κ2) is 7.60. The second-order valence-corrected chi connectivity index (χ2v) is 10.6. The molecule has 0 saturated carbocycles. The first-order chi connectivity index (χ1) is 14.1. The van der Waals surface area contributed by atoms with Crippen LogP contribution in [0.1, 0.15) is 69.7 Å². The molecule has 0 radical (unpaired) electrons. The van der Waals surface area contributed by atoms with Crippen LogP contribution in [0.25, 0.3) is 11.3 Å². The summed E-state index contributed by atoms with van der Waals surface area (Å²) in [7, 11) is 0. The third kappa shape index (κ3) is 4.06. The molecule has 168 valence electrons. The molecule has 1 aliphatic heterocycles. The summed E-state index contributed by atoms with van der Waals surface area (Å²) >= 11 is 5.97. The Balaban J connectivity index is 2.39. The number of hydrogen-bond acceptors (Lipinski definition) is 4. The zero-order chi connectivity index (χ0) is 23.5. The number of aromatic nitrogens is 2. The van der Waals surface area contributed by atoms with E-state index in [0.29, 0.717) is 11.3 Å². The molecule has 1 aromatic carbocycles. The van der Waals surface area contributed by atoms with Crippen LogP contribution in [0.4, 0.5) is 4.39 Å². The van der Waals surface area contributed by atoms with Crippen LogP contribution in [-0.4, -0.2) is 27.6 Å². The summed E-state index contributed by atoms with van der Waals surface area (Å²) in [4.78, 5) is 25.2. The third-order valence-corrected chi connectivity index (χ3v) is 5.97. The molecule has 2 heterocycles. The van der Waals surface area contributed by atoms with Gasteiger partial charge in [0, 0.05) is 11.6 Å². The highest BCUT2D eigenvalue weighted by Gasteiger charge is 2.49. The molecule has 0 spiro atoms. The fourth-order valence-corrected chi connectivity index (χ4v) is 4.36. The molecular formula is C22H29ClFN5O2. The maximum Gasteiger partial charge on any atom is 0.252 e. The van der Waals surface area contributed by atoms with Crippen molar-refractivity contribution in [1.82, 2.24) is 15.1 Å². The number of carbonyl (C=O) groups excluding carboxylic acids is 2. The van der Waals surface area contributed by atoms with Crippen molar-refractivity contribution in [1.29, 1.82) is 0 Å². The van der Waals surface area contributed by atoms with Gasteiger partial charge in [-0.2, -0.15) is 5.10 Å². The van der Waals surface area contributed by atoms with E-state index in [1.807, 2.05) is 41.5 Å². The van der Waals surface area contributed by atoms with Gasteiger partial charge in [0.1, 0.15) is 17.6 Å². The number of nitrogens with zero attached hydrogens (tertiary/aromatic N) is 2. The molecule has 3 atom stereocenters. The lowest BCUT2D eigenvalue weighted by Gasteiger charge is -2.47. The minimum absolute atomic E-state index is 0.108. The molecule has 31 heavy (non-hydrogen) atoms. The van der Waals surface area contributed by atoms with Crippen molar-refractivity contribution in [3.63, 3.8) is 0 Å². The molecule has 0 saturated heterocycles. The number of rotatable bonds is 3. The minimum atomic E-state index is -0.851. The van der Waals surface area contributed by atoms with Crippen LogP contribution < -0.4 is 16.8 Å². The Labute approximate surface area is 186 Å². The summed E-state index contributed by atoms with van der Waals surface area (Å²) in [5.74, 6) is -1.87. The third-order valence-electron chi connectivity index (χ3n) is 5.68. The largest absolute Gasteiger partial charge is 0.368 e. The Morgan fingerprint density at radius 3 is 2.19 bits per heavy atom. The van der Waals surface area contributed by atoms with Crippen molar-refractivity contribution in [2.75, 3.05) is 0 Å². The number of carbonyl (C=O) groups is 2. The highest BCUT2D eigenvalue weighted by Crippen LogP contribution is 2.45. The molecule has 5 N–H and O–H groups in total. The minimum Gasteiger partial charge on any atom is -0.368 e.